The fourth-order valence-electron chi connectivity index (χ4n) is 1.59. The molecule has 1 aromatic heterocycles. The molecular weight excluding hydrogens is 228 g/mol. The van der Waals surface area contributed by atoms with Crippen molar-refractivity contribution in [2.75, 3.05) is 7.11 Å². The van der Waals surface area contributed by atoms with Gasteiger partial charge in [-0.3, -0.25) is 4.79 Å². The van der Waals surface area contributed by atoms with E-state index in [1.54, 1.807) is 30.3 Å². The number of benzene rings is 1. The van der Waals surface area contributed by atoms with Gasteiger partial charge in [0.2, 0.25) is 5.88 Å². The Morgan fingerprint density at radius 3 is 2.83 bits per heavy atom. The van der Waals surface area contributed by atoms with Gasteiger partial charge < -0.3 is 4.74 Å². The molecular formula is C14H10N2O2. The number of carbonyl (C=O) groups is 1. The Bertz CT molecular complexity index is 630. The summed E-state index contributed by atoms with van der Waals surface area (Å²) in [5.41, 5.74) is 2.41. The van der Waals surface area contributed by atoms with Gasteiger partial charge in [0, 0.05) is 17.2 Å². The van der Waals surface area contributed by atoms with E-state index in [9.17, 15) is 4.79 Å². The van der Waals surface area contributed by atoms with Gasteiger partial charge in [-0.2, -0.15) is 5.26 Å². The molecule has 0 spiro atoms. The lowest BCUT2D eigenvalue weighted by Crippen LogP contribution is -1.92. The minimum atomic E-state index is 0.376. The molecule has 1 heterocycles. The molecule has 2 rings (SSSR count). The van der Waals surface area contributed by atoms with Crippen LogP contribution in [0.3, 0.4) is 0 Å². The minimum absolute atomic E-state index is 0.376. The van der Waals surface area contributed by atoms with Crippen molar-refractivity contribution in [3.8, 4) is 23.2 Å². The normalized spacial score (nSPS) is 9.56. The summed E-state index contributed by atoms with van der Waals surface area (Å²) in [5.74, 6) is 0.376. The first-order chi connectivity index (χ1) is 8.76. The summed E-state index contributed by atoms with van der Waals surface area (Å²) in [4.78, 5) is 15.0. The summed E-state index contributed by atoms with van der Waals surface area (Å²) >= 11 is 0. The lowest BCUT2D eigenvalue weighted by molar-refractivity contribution is 0.112. The van der Waals surface area contributed by atoms with Gasteiger partial charge in [-0.15, -0.1) is 0 Å². The topological polar surface area (TPSA) is 63.0 Å². The standard InChI is InChI=1S/C14H10N2O2/c1-18-14-7-11(8-15)6-13(16-14)12-4-2-3-10(5-12)9-17/h2-7,9H,1H3. The molecule has 0 N–H and O–H groups in total. The first kappa shape index (κ1) is 11.8. The maximum atomic E-state index is 10.7. The summed E-state index contributed by atoms with van der Waals surface area (Å²) in [6.07, 6.45) is 0.773. The van der Waals surface area contributed by atoms with E-state index in [1.165, 1.54) is 7.11 Å². The van der Waals surface area contributed by atoms with Crippen LogP contribution in [0.15, 0.2) is 36.4 Å². The molecule has 0 aliphatic heterocycles. The van der Waals surface area contributed by atoms with Crippen molar-refractivity contribution < 1.29 is 9.53 Å². The zero-order chi connectivity index (χ0) is 13.0. The van der Waals surface area contributed by atoms with Crippen molar-refractivity contribution in [2.24, 2.45) is 0 Å². The molecule has 0 amide bonds. The van der Waals surface area contributed by atoms with Crippen molar-refractivity contribution in [3.63, 3.8) is 0 Å². The van der Waals surface area contributed by atoms with Gasteiger partial charge in [-0.25, -0.2) is 4.98 Å². The number of carbonyl (C=O) groups excluding carboxylic acids is 1. The van der Waals surface area contributed by atoms with E-state index in [0.717, 1.165) is 11.8 Å². The fraction of sp³-hybridized carbons (Fsp3) is 0.0714. The number of methoxy groups -OCH3 is 1. The fourth-order valence-corrected chi connectivity index (χ4v) is 1.59. The highest BCUT2D eigenvalue weighted by molar-refractivity contribution is 5.78. The predicted molar refractivity (Wildman–Crippen MR) is 66.3 cm³/mol. The molecule has 0 saturated carbocycles. The SMILES string of the molecule is COc1cc(C#N)cc(-c2cccc(C=O)c2)n1. The Labute approximate surface area is 104 Å². The van der Waals surface area contributed by atoms with Crippen molar-refractivity contribution in [1.82, 2.24) is 4.98 Å². The van der Waals surface area contributed by atoms with Crippen LogP contribution in [0.25, 0.3) is 11.3 Å². The van der Waals surface area contributed by atoms with Crippen LogP contribution in [-0.4, -0.2) is 18.4 Å². The zero-order valence-corrected chi connectivity index (χ0v) is 9.75. The summed E-state index contributed by atoms with van der Waals surface area (Å²) in [6.45, 7) is 0. The largest absolute Gasteiger partial charge is 0.481 e. The molecule has 0 aliphatic carbocycles. The van der Waals surface area contributed by atoms with Gasteiger partial charge in [0.15, 0.2) is 0 Å². The molecule has 0 radical (unpaired) electrons. The molecule has 0 atom stereocenters. The van der Waals surface area contributed by atoms with Crippen molar-refractivity contribution in [2.45, 2.75) is 0 Å². The predicted octanol–water partition coefficient (Wildman–Crippen LogP) is 2.44. The molecule has 0 fully saturated rings. The molecule has 0 saturated heterocycles. The van der Waals surface area contributed by atoms with Gasteiger partial charge in [0.25, 0.3) is 0 Å². The number of nitrogens with zero attached hydrogens (tertiary/aromatic N) is 2. The van der Waals surface area contributed by atoms with Crippen molar-refractivity contribution >= 4 is 6.29 Å². The maximum absolute atomic E-state index is 10.7. The Balaban J connectivity index is 2.55. The monoisotopic (exact) mass is 238 g/mol. The molecule has 88 valence electrons. The Hall–Kier alpha value is -2.67. The number of aromatic nitrogens is 1. The number of pyridine rings is 1. The second kappa shape index (κ2) is 5.11. The average Bonchev–Trinajstić information content (AvgIpc) is 2.46. The summed E-state index contributed by atoms with van der Waals surface area (Å²) in [5, 5.41) is 8.94. The number of hydrogen-bond acceptors (Lipinski definition) is 4. The summed E-state index contributed by atoms with van der Waals surface area (Å²) in [6, 6.07) is 12.3. The zero-order valence-electron chi connectivity index (χ0n) is 9.75. The average molecular weight is 238 g/mol. The Morgan fingerprint density at radius 2 is 2.17 bits per heavy atom. The van der Waals surface area contributed by atoms with E-state index in [2.05, 4.69) is 11.1 Å². The van der Waals surface area contributed by atoms with Crippen LogP contribution in [0, 0.1) is 11.3 Å². The van der Waals surface area contributed by atoms with E-state index >= 15 is 0 Å². The lowest BCUT2D eigenvalue weighted by Gasteiger charge is -2.05. The molecule has 4 nitrogen and oxygen atoms in total. The number of rotatable bonds is 3. The van der Waals surface area contributed by atoms with Gasteiger partial charge in [-0.1, -0.05) is 18.2 Å². The molecule has 2 aromatic rings. The quantitative estimate of drug-likeness (QED) is 0.770. The van der Waals surface area contributed by atoms with Crippen LogP contribution in [0.2, 0.25) is 0 Å². The highest BCUT2D eigenvalue weighted by Gasteiger charge is 2.05. The number of nitriles is 1. The lowest BCUT2D eigenvalue weighted by atomic mass is 10.1. The van der Waals surface area contributed by atoms with Gasteiger partial charge in [0.1, 0.15) is 6.29 Å². The van der Waals surface area contributed by atoms with Gasteiger partial charge >= 0.3 is 0 Å². The Kier molecular flexibility index (Phi) is 3.35. The smallest absolute Gasteiger partial charge is 0.214 e. The third kappa shape index (κ3) is 2.36. The van der Waals surface area contributed by atoms with Crippen molar-refractivity contribution in [3.05, 3.63) is 47.5 Å². The molecule has 0 bridgehead atoms. The second-order valence-corrected chi connectivity index (χ2v) is 3.64. The van der Waals surface area contributed by atoms with Gasteiger partial charge in [0.05, 0.1) is 24.4 Å². The van der Waals surface area contributed by atoms with E-state index in [-0.39, 0.29) is 0 Å². The number of aldehydes is 1. The Morgan fingerprint density at radius 1 is 1.33 bits per heavy atom. The maximum Gasteiger partial charge on any atom is 0.214 e. The van der Waals surface area contributed by atoms with E-state index in [4.69, 9.17) is 10.00 Å². The molecule has 0 unspecified atom stereocenters. The first-order valence-corrected chi connectivity index (χ1v) is 5.28. The van der Waals surface area contributed by atoms with Crippen molar-refractivity contribution in [1.29, 1.82) is 5.26 Å². The van der Waals surface area contributed by atoms with Crippen LogP contribution in [-0.2, 0) is 0 Å². The van der Waals surface area contributed by atoms with Crippen LogP contribution >= 0.6 is 0 Å². The highest BCUT2D eigenvalue weighted by Crippen LogP contribution is 2.22. The molecule has 4 heteroatoms. The number of ether oxygens (including phenoxy) is 1. The summed E-state index contributed by atoms with van der Waals surface area (Å²) < 4.78 is 5.04. The molecule has 18 heavy (non-hydrogen) atoms. The van der Waals surface area contributed by atoms with Crippen LogP contribution in [0.5, 0.6) is 5.88 Å². The first-order valence-electron chi connectivity index (χ1n) is 5.28. The van der Waals surface area contributed by atoms with Gasteiger partial charge in [-0.05, 0) is 12.1 Å². The van der Waals surface area contributed by atoms with Crippen LogP contribution in [0.4, 0.5) is 0 Å². The third-order valence-electron chi connectivity index (χ3n) is 2.46. The van der Waals surface area contributed by atoms with Crippen LogP contribution < -0.4 is 4.74 Å². The second-order valence-electron chi connectivity index (χ2n) is 3.64. The molecule has 1 aromatic carbocycles. The van der Waals surface area contributed by atoms with E-state index in [0.29, 0.717) is 22.7 Å². The minimum Gasteiger partial charge on any atom is -0.481 e. The number of hydrogen-bond donors (Lipinski definition) is 0. The molecule has 0 aliphatic rings. The third-order valence-corrected chi connectivity index (χ3v) is 2.46. The van der Waals surface area contributed by atoms with Crippen LogP contribution in [0.1, 0.15) is 15.9 Å². The van der Waals surface area contributed by atoms with E-state index < -0.39 is 0 Å². The summed E-state index contributed by atoms with van der Waals surface area (Å²) in [7, 11) is 1.50. The highest BCUT2D eigenvalue weighted by atomic mass is 16.5. The van der Waals surface area contributed by atoms with E-state index in [1.807, 2.05) is 6.07 Å².